The predicted octanol–water partition coefficient (Wildman–Crippen LogP) is 4.24. The second kappa shape index (κ2) is 7.99. The zero-order valence-electron chi connectivity index (χ0n) is 15.5. The van der Waals surface area contributed by atoms with Crippen LogP contribution in [0.2, 0.25) is 5.02 Å². The highest BCUT2D eigenvalue weighted by Crippen LogP contribution is 2.37. The van der Waals surface area contributed by atoms with Crippen LogP contribution in [0.1, 0.15) is 28.7 Å². The van der Waals surface area contributed by atoms with Crippen LogP contribution in [-0.4, -0.2) is 31.0 Å². The first-order valence-corrected chi connectivity index (χ1v) is 10.4. The Bertz CT molecular complexity index is 1180. The number of nitrogens with zero attached hydrogens (tertiary/aromatic N) is 1. The highest BCUT2D eigenvalue weighted by atomic mass is 35.5. The van der Waals surface area contributed by atoms with Crippen molar-refractivity contribution in [3.05, 3.63) is 57.6 Å². The molecule has 0 amide bonds. The Balaban J connectivity index is 2.02. The Morgan fingerprint density at radius 1 is 1.23 bits per heavy atom. The van der Waals surface area contributed by atoms with Gasteiger partial charge < -0.3 is 4.57 Å². The van der Waals surface area contributed by atoms with Crippen LogP contribution >= 0.6 is 11.6 Å². The molecule has 0 unspecified atom stereocenters. The number of halogens is 7. The third kappa shape index (κ3) is 4.37. The first-order chi connectivity index (χ1) is 14.2. The summed E-state index contributed by atoms with van der Waals surface area (Å²) in [5.74, 6) is -5.64. The number of carbonyl (C=O) groups excluding carboxylic acids is 1. The number of carbonyl (C=O) groups is 1. The summed E-state index contributed by atoms with van der Waals surface area (Å²) in [4.78, 5) is 12.0. The van der Waals surface area contributed by atoms with E-state index < -0.39 is 61.8 Å². The summed E-state index contributed by atoms with van der Waals surface area (Å²) in [6.07, 6.45) is -2.81. The average Bonchev–Trinajstić information content (AvgIpc) is 3.17. The van der Waals surface area contributed by atoms with Crippen molar-refractivity contribution in [2.24, 2.45) is 0 Å². The van der Waals surface area contributed by atoms with E-state index in [1.165, 1.54) is 16.9 Å². The molecule has 1 aliphatic rings. The van der Waals surface area contributed by atoms with Crippen molar-refractivity contribution in [3.63, 3.8) is 0 Å². The average molecular weight is 487 g/mol. The molecule has 1 aliphatic heterocycles. The molecule has 0 saturated heterocycles. The number of benzene rings is 1. The summed E-state index contributed by atoms with van der Waals surface area (Å²) >= 11 is 6.09. The first kappa shape index (κ1) is 23.4. The zero-order chi connectivity index (χ0) is 23.3. The zero-order valence-corrected chi connectivity index (χ0v) is 17.1. The molecule has 2 aromatic rings. The van der Waals surface area contributed by atoms with Gasteiger partial charge in [-0.25, -0.2) is 21.6 Å². The van der Waals surface area contributed by atoms with Crippen LogP contribution in [0.4, 0.5) is 26.3 Å². The number of fused-ring (bicyclic) bond motifs is 1. The van der Waals surface area contributed by atoms with Crippen molar-refractivity contribution < 1.29 is 39.6 Å². The highest BCUT2D eigenvalue weighted by molar-refractivity contribution is 7.89. The lowest BCUT2D eigenvalue weighted by molar-refractivity contribution is -0.147. The molecule has 168 valence electrons. The van der Waals surface area contributed by atoms with Crippen LogP contribution in [-0.2, 0) is 23.0 Å². The summed E-state index contributed by atoms with van der Waals surface area (Å²) in [6.45, 7) is 0.591. The Morgan fingerprint density at radius 2 is 1.81 bits per heavy atom. The quantitative estimate of drug-likeness (QED) is 0.377. The van der Waals surface area contributed by atoms with Gasteiger partial charge in [-0.3, -0.25) is 4.79 Å². The second-order valence-electron chi connectivity index (χ2n) is 6.75. The maximum Gasteiger partial charge on any atom is 0.404 e. The summed E-state index contributed by atoms with van der Waals surface area (Å²) < 4.78 is 106. The maximum atomic E-state index is 13.4. The van der Waals surface area contributed by atoms with E-state index in [1.807, 2.05) is 0 Å². The number of alkyl halides is 3. The van der Waals surface area contributed by atoms with Crippen molar-refractivity contribution >= 4 is 33.5 Å². The third-order valence-corrected chi connectivity index (χ3v) is 6.62. The minimum atomic E-state index is -4.87. The van der Waals surface area contributed by atoms with Crippen molar-refractivity contribution in [1.29, 1.82) is 0 Å². The van der Waals surface area contributed by atoms with Gasteiger partial charge >= 0.3 is 6.18 Å². The summed E-state index contributed by atoms with van der Waals surface area (Å²) in [5.41, 5.74) is -0.731. The van der Waals surface area contributed by atoms with Gasteiger partial charge in [-0.1, -0.05) is 17.7 Å². The molecular formula is C18H13ClF6N2O3S. The molecule has 1 N–H and O–H groups in total. The summed E-state index contributed by atoms with van der Waals surface area (Å²) in [7, 11) is -4.80. The fourth-order valence-electron chi connectivity index (χ4n) is 3.07. The highest BCUT2D eigenvalue weighted by Gasteiger charge is 2.41. The predicted molar refractivity (Wildman–Crippen MR) is 98.7 cm³/mol. The summed E-state index contributed by atoms with van der Waals surface area (Å²) in [6, 6.07) is -1.24. The fraction of sp³-hybridized carbons (Fsp3) is 0.278. The molecule has 31 heavy (non-hydrogen) atoms. The lowest BCUT2D eigenvalue weighted by Gasteiger charge is -2.17. The number of ketones is 1. The third-order valence-electron chi connectivity index (χ3n) is 4.53. The van der Waals surface area contributed by atoms with E-state index in [-0.39, 0.29) is 23.5 Å². The summed E-state index contributed by atoms with van der Waals surface area (Å²) in [5, 5.41) is -0.630. The molecular weight excluding hydrogens is 474 g/mol. The number of nitrogens with one attached hydrogen (secondary N) is 1. The number of allylic oxidation sites excluding steroid dienone is 1. The van der Waals surface area contributed by atoms with Gasteiger partial charge in [-0.2, -0.15) is 17.9 Å². The lowest BCUT2D eigenvalue weighted by Crippen LogP contribution is -2.43. The number of hydrogen-bond acceptors (Lipinski definition) is 3. The minimum Gasteiger partial charge on any atom is -0.332 e. The molecule has 3 rings (SSSR count). The van der Waals surface area contributed by atoms with E-state index in [4.69, 9.17) is 11.6 Å². The number of hydrogen-bond donors (Lipinski definition) is 1. The first-order valence-electron chi connectivity index (χ1n) is 8.58. The van der Waals surface area contributed by atoms with Gasteiger partial charge in [0.1, 0.15) is 16.6 Å². The molecule has 0 saturated carbocycles. The molecule has 1 aromatic heterocycles. The molecule has 1 aromatic carbocycles. The van der Waals surface area contributed by atoms with Gasteiger partial charge in [0.05, 0.1) is 10.7 Å². The van der Waals surface area contributed by atoms with Crippen LogP contribution in [0.15, 0.2) is 23.1 Å². The normalized spacial score (nSPS) is 14.7. The number of sulfonamides is 1. The number of rotatable bonds is 6. The van der Waals surface area contributed by atoms with Gasteiger partial charge in [0.25, 0.3) is 0 Å². The van der Waals surface area contributed by atoms with E-state index >= 15 is 0 Å². The van der Waals surface area contributed by atoms with Gasteiger partial charge in [0, 0.05) is 13.0 Å². The SMILES string of the molecule is C[C@@H](NS(=O)(=O)c1c(Cl)c(C(=O)Cc2cc(F)c(F)c(F)c2)n2c1C=CC2)C(F)(F)F. The van der Waals surface area contributed by atoms with Crippen molar-refractivity contribution in [2.45, 2.75) is 37.0 Å². The van der Waals surface area contributed by atoms with Crippen molar-refractivity contribution in [2.75, 3.05) is 0 Å². The van der Waals surface area contributed by atoms with Crippen LogP contribution < -0.4 is 4.72 Å². The molecule has 0 radical (unpaired) electrons. The number of Topliss-reactive ketones (excluding diaryl/α,β-unsaturated/α-hetero) is 1. The molecule has 13 heteroatoms. The molecule has 2 heterocycles. The largest absolute Gasteiger partial charge is 0.404 e. The Kier molecular flexibility index (Phi) is 6.02. The molecule has 5 nitrogen and oxygen atoms in total. The standard InChI is InChI=1S/C18H13ClF6N2O3S/c1-8(18(23,24)25)26-31(29,30)17-12-3-2-4-27(12)16(14(17)19)13(28)7-9-5-10(20)15(22)11(21)6-9/h2-3,5-6,8,26H,4,7H2,1H3/t8-/m1/s1. The fourth-order valence-corrected chi connectivity index (χ4v) is 5.18. The molecule has 0 spiro atoms. The maximum absolute atomic E-state index is 13.4. The Hall–Kier alpha value is -2.31. The second-order valence-corrected chi connectivity index (χ2v) is 8.78. The Morgan fingerprint density at radius 3 is 2.35 bits per heavy atom. The van der Waals surface area contributed by atoms with Gasteiger partial charge in [0.15, 0.2) is 23.2 Å². The monoisotopic (exact) mass is 486 g/mol. The van der Waals surface area contributed by atoms with E-state index in [1.54, 1.807) is 0 Å². The van der Waals surface area contributed by atoms with E-state index in [2.05, 4.69) is 0 Å². The van der Waals surface area contributed by atoms with E-state index in [9.17, 15) is 39.6 Å². The molecule has 0 aliphatic carbocycles. The van der Waals surface area contributed by atoms with Gasteiger partial charge in [-0.15, -0.1) is 0 Å². The minimum absolute atomic E-state index is 0.00733. The number of aromatic nitrogens is 1. The van der Waals surface area contributed by atoms with Gasteiger partial charge in [0.2, 0.25) is 10.0 Å². The Labute approximate surface area is 177 Å². The topological polar surface area (TPSA) is 68.2 Å². The molecule has 1 atom stereocenters. The smallest absolute Gasteiger partial charge is 0.332 e. The lowest BCUT2D eigenvalue weighted by atomic mass is 10.1. The van der Waals surface area contributed by atoms with Crippen molar-refractivity contribution in [3.8, 4) is 0 Å². The molecule has 0 bridgehead atoms. The van der Waals surface area contributed by atoms with Crippen LogP contribution in [0.5, 0.6) is 0 Å². The van der Waals surface area contributed by atoms with Crippen LogP contribution in [0, 0.1) is 17.5 Å². The van der Waals surface area contributed by atoms with E-state index in [0.717, 1.165) is 4.57 Å². The van der Waals surface area contributed by atoms with Crippen LogP contribution in [0.25, 0.3) is 6.08 Å². The van der Waals surface area contributed by atoms with Gasteiger partial charge in [-0.05, 0) is 30.7 Å². The van der Waals surface area contributed by atoms with E-state index in [0.29, 0.717) is 19.1 Å². The van der Waals surface area contributed by atoms with Crippen LogP contribution in [0.3, 0.4) is 0 Å². The van der Waals surface area contributed by atoms with Crippen molar-refractivity contribution in [1.82, 2.24) is 9.29 Å². The molecule has 0 fully saturated rings.